The zero-order valence-corrected chi connectivity index (χ0v) is 33.9. The Hall–Kier alpha value is -0.735. The third kappa shape index (κ3) is 16.1. The average molecular weight is 737 g/mol. The van der Waals surface area contributed by atoms with E-state index >= 15 is 0 Å². The number of hydrogen-bond acceptors (Lipinski definition) is 7. The first-order valence-electron chi connectivity index (χ1n) is 15.6. The maximum atomic E-state index is 5.33. The molecule has 1 aliphatic rings. The van der Waals surface area contributed by atoms with E-state index in [1.54, 1.807) is 0 Å². The van der Waals surface area contributed by atoms with Gasteiger partial charge in [-0.25, -0.2) is 0 Å². The van der Waals surface area contributed by atoms with Gasteiger partial charge in [0, 0.05) is 0 Å². The van der Waals surface area contributed by atoms with E-state index in [9.17, 15) is 0 Å². The number of nitrogens with one attached hydrogen (secondary N) is 1. The summed E-state index contributed by atoms with van der Waals surface area (Å²) in [7, 11) is -2.19. The van der Waals surface area contributed by atoms with Crippen LogP contribution < -0.4 is 84.3 Å². The predicted molar refractivity (Wildman–Crippen MR) is 189 cm³/mol. The van der Waals surface area contributed by atoms with E-state index in [1.807, 2.05) is 0 Å². The van der Waals surface area contributed by atoms with Gasteiger partial charge in [-0.05, 0) is 48.5 Å². The van der Waals surface area contributed by atoms with Gasteiger partial charge in [0.25, 0.3) is 0 Å². The third-order valence-electron chi connectivity index (χ3n) is 6.73. The molecule has 1 heterocycles. The molecule has 0 amide bonds. The Kier molecular flexibility index (Phi) is 22.6. The van der Waals surface area contributed by atoms with E-state index in [4.69, 9.17) is 28.4 Å². The quantitative estimate of drug-likeness (QED) is 0.299. The van der Waals surface area contributed by atoms with E-state index in [0.29, 0.717) is 79.3 Å². The maximum Gasteiger partial charge on any atom is 1.00 e. The summed E-state index contributed by atoms with van der Waals surface area (Å²) in [5.74, 6) is 0. The van der Waals surface area contributed by atoms with Crippen LogP contribution in [0.25, 0.3) is 0 Å². The molecule has 46 heavy (non-hydrogen) atoms. The monoisotopic (exact) mass is 736 g/mol. The summed E-state index contributed by atoms with van der Waals surface area (Å²) in [6.07, 6.45) is 0. The van der Waals surface area contributed by atoms with Gasteiger partial charge < -0.3 is 28.4 Å². The number of rotatable bonds is 6. The first kappa shape index (κ1) is 39.7. The minimum atomic E-state index is -1.10. The van der Waals surface area contributed by atoms with Crippen LogP contribution in [0.3, 0.4) is 0 Å². The molecule has 0 unspecified atom stereocenters. The molecule has 10 heteroatoms. The maximum absolute atomic E-state index is 5.33. The molecule has 0 spiro atoms. The zero-order chi connectivity index (χ0) is 31.0. The largest absolute Gasteiger partial charge is 1.00 e. The van der Waals surface area contributed by atoms with Crippen LogP contribution in [0.4, 0.5) is 0 Å². The average Bonchev–Trinajstić information content (AvgIpc) is 3.11. The van der Waals surface area contributed by atoms with Crippen LogP contribution in [0.15, 0.2) is 121 Å². The molecule has 0 bridgehead atoms. The van der Waals surface area contributed by atoms with Crippen molar-refractivity contribution >= 4 is 37.4 Å². The van der Waals surface area contributed by atoms with Gasteiger partial charge in [-0.3, -0.25) is 0 Å². The second kappa shape index (κ2) is 26.2. The fraction of sp³-hybridized carbons (Fsp3) is 0.333. The van der Waals surface area contributed by atoms with Crippen LogP contribution in [0, 0.1) is 0 Å². The zero-order valence-electron chi connectivity index (χ0n) is 27.0. The van der Waals surface area contributed by atoms with Crippen LogP contribution in [0.2, 0.25) is 0 Å². The molecule has 1 aliphatic heterocycles. The summed E-state index contributed by atoms with van der Waals surface area (Å²) in [5.41, 5.74) is 0. The van der Waals surface area contributed by atoms with Crippen LogP contribution in [-0.4, -0.2) is 79.3 Å². The van der Waals surface area contributed by atoms with Crippen molar-refractivity contribution in [3.05, 3.63) is 121 Å². The van der Waals surface area contributed by atoms with Gasteiger partial charge in [-0.2, -0.15) is 0 Å². The van der Waals surface area contributed by atoms with E-state index < -0.39 is 16.1 Å². The summed E-state index contributed by atoms with van der Waals surface area (Å²) < 4.78 is 32.0. The van der Waals surface area contributed by atoms with Gasteiger partial charge in [-0.15, -0.1) is 0 Å². The topological polar surface area (TPSA) is 67.4 Å². The standard InChI is InChI=1S/C24H21NP2.C12H24O6.Rb/c1-5-13-21(14-6-1)26(22-15-7-2-8-16-22)25-27(23-17-9-3-10-18-23)24-19-11-4-12-20-24;1-2-14-5-6-16-9-10-18-12-11-17-8-7-15-4-3-13-1;/h1-20,25H;1-12H2;/q;;+1/p+2. The summed E-state index contributed by atoms with van der Waals surface area (Å²) in [4.78, 5) is 4.12. The SMILES string of the molecule is C1COCCOCCOCCOCCOCCO1.[Rb+].c1ccc([PH+](N[PH+](c2ccccc2)c2ccccc2)c2ccccc2)cc1. The molecular weight excluding hydrogens is 690 g/mol. The van der Waals surface area contributed by atoms with E-state index in [0.717, 1.165) is 0 Å². The second-order valence-corrected chi connectivity index (χ2v) is 14.8. The fourth-order valence-corrected chi connectivity index (χ4v) is 10.6. The van der Waals surface area contributed by atoms with E-state index in [1.165, 1.54) is 21.2 Å². The Morgan fingerprint density at radius 3 is 0.652 bits per heavy atom. The van der Waals surface area contributed by atoms with E-state index in [2.05, 4.69) is 126 Å². The fourth-order valence-electron chi connectivity index (χ4n) is 4.49. The summed E-state index contributed by atoms with van der Waals surface area (Å²) in [5, 5.41) is 5.57. The van der Waals surface area contributed by atoms with Crippen molar-refractivity contribution in [2.75, 3.05) is 79.3 Å². The van der Waals surface area contributed by atoms with Crippen molar-refractivity contribution < 1.29 is 86.6 Å². The Balaban J connectivity index is 0.000000267. The van der Waals surface area contributed by atoms with Gasteiger partial charge in [0.1, 0.15) is 21.2 Å². The van der Waals surface area contributed by atoms with Crippen molar-refractivity contribution in [1.29, 1.82) is 0 Å². The minimum absolute atomic E-state index is 0. The number of ether oxygens (including phenoxy) is 6. The molecule has 0 saturated carbocycles. The molecule has 4 aromatic rings. The van der Waals surface area contributed by atoms with Crippen LogP contribution >= 0.6 is 16.1 Å². The normalized spacial score (nSPS) is 15.9. The van der Waals surface area contributed by atoms with Crippen molar-refractivity contribution in [2.45, 2.75) is 0 Å². The summed E-state index contributed by atoms with van der Waals surface area (Å²) >= 11 is 0. The number of benzene rings is 4. The second-order valence-electron chi connectivity index (χ2n) is 10.0. The molecule has 0 atom stereocenters. The Bertz CT molecular complexity index is 1030. The van der Waals surface area contributed by atoms with Crippen LogP contribution in [-0.2, 0) is 28.4 Å². The Morgan fingerprint density at radius 1 is 0.304 bits per heavy atom. The van der Waals surface area contributed by atoms with Gasteiger partial charge in [-0.1, -0.05) is 77.7 Å². The molecule has 0 aromatic heterocycles. The third-order valence-corrected chi connectivity index (χ3v) is 12.4. The van der Waals surface area contributed by atoms with Crippen LogP contribution in [0.1, 0.15) is 0 Å². The first-order valence-corrected chi connectivity index (χ1v) is 18.6. The van der Waals surface area contributed by atoms with Crippen molar-refractivity contribution in [3.63, 3.8) is 0 Å². The molecule has 240 valence electrons. The molecular formula is C36H47NO6P2Rb+3. The van der Waals surface area contributed by atoms with Gasteiger partial charge in [0.15, 0.2) is 16.1 Å². The molecule has 1 saturated heterocycles. The molecule has 4 aromatic carbocycles. The summed E-state index contributed by atoms with van der Waals surface area (Å²) in [6, 6.07) is 43.5. The Morgan fingerprint density at radius 2 is 0.478 bits per heavy atom. The van der Waals surface area contributed by atoms with Crippen molar-refractivity contribution in [3.8, 4) is 0 Å². The van der Waals surface area contributed by atoms with Crippen molar-refractivity contribution in [2.24, 2.45) is 0 Å². The van der Waals surface area contributed by atoms with Gasteiger partial charge >= 0.3 is 58.2 Å². The number of hydrogen-bond donors (Lipinski definition) is 1. The molecule has 0 aliphatic carbocycles. The molecule has 5 rings (SSSR count). The molecule has 1 fully saturated rings. The predicted octanol–water partition coefficient (Wildman–Crippen LogP) is 1.24. The molecule has 7 nitrogen and oxygen atoms in total. The summed E-state index contributed by atoms with van der Waals surface area (Å²) in [6.45, 7) is 7.04. The van der Waals surface area contributed by atoms with Crippen LogP contribution in [0.5, 0.6) is 0 Å². The van der Waals surface area contributed by atoms with E-state index in [-0.39, 0.29) is 58.2 Å². The first-order chi connectivity index (χ1) is 22.4. The van der Waals surface area contributed by atoms with Gasteiger partial charge in [0.2, 0.25) is 0 Å². The van der Waals surface area contributed by atoms with Crippen molar-refractivity contribution in [1.82, 2.24) is 4.86 Å². The minimum Gasteiger partial charge on any atom is -0.377 e. The Labute approximate surface area is 326 Å². The molecule has 1 N–H and O–H groups in total. The smallest absolute Gasteiger partial charge is 0.377 e. The molecule has 0 radical (unpaired) electrons. The van der Waals surface area contributed by atoms with Gasteiger partial charge in [0.05, 0.1) is 79.3 Å².